The summed E-state index contributed by atoms with van der Waals surface area (Å²) in [4.78, 5) is 11.7. The molecule has 2 rings (SSSR count). The molecule has 0 aliphatic carbocycles. The zero-order valence-electron chi connectivity index (χ0n) is 8.71. The minimum atomic E-state index is -0.909. The van der Waals surface area contributed by atoms with Gasteiger partial charge in [0.15, 0.2) is 11.6 Å². The number of ketones is 1. The average Bonchev–Trinajstić information content (AvgIpc) is 2.77. The van der Waals surface area contributed by atoms with Crippen molar-refractivity contribution in [2.24, 2.45) is 5.92 Å². The van der Waals surface area contributed by atoms with Gasteiger partial charge in [0.1, 0.15) is 5.78 Å². The van der Waals surface area contributed by atoms with Crippen molar-refractivity contribution >= 4 is 5.78 Å². The maximum Gasteiger partial charge on any atom is 0.159 e. The molecule has 0 radical (unpaired) electrons. The maximum atomic E-state index is 12.9. The Morgan fingerprint density at radius 3 is 2.81 bits per heavy atom. The van der Waals surface area contributed by atoms with Crippen LogP contribution < -0.4 is 0 Å². The number of carbonyl (C=O) groups is 1. The van der Waals surface area contributed by atoms with E-state index >= 15 is 0 Å². The molecule has 1 heterocycles. The summed E-state index contributed by atoms with van der Waals surface area (Å²) >= 11 is 0. The molecule has 1 aliphatic heterocycles. The van der Waals surface area contributed by atoms with Crippen molar-refractivity contribution in [3.8, 4) is 0 Å². The van der Waals surface area contributed by atoms with Crippen molar-refractivity contribution in [1.82, 2.24) is 0 Å². The summed E-state index contributed by atoms with van der Waals surface area (Å²) in [5, 5.41) is 0. The van der Waals surface area contributed by atoms with Crippen molar-refractivity contribution in [3.63, 3.8) is 0 Å². The van der Waals surface area contributed by atoms with Crippen molar-refractivity contribution in [2.75, 3.05) is 13.2 Å². The Kier molecular flexibility index (Phi) is 3.29. The molecule has 0 aromatic heterocycles. The molecule has 0 N–H and O–H groups in total. The van der Waals surface area contributed by atoms with Crippen LogP contribution in [0.15, 0.2) is 18.2 Å². The van der Waals surface area contributed by atoms with Gasteiger partial charge in [0.25, 0.3) is 0 Å². The number of benzene rings is 1. The summed E-state index contributed by atoms with van der Waals surface area (Å²) in [6.07, 6.45) is 0.869. The van der Waals surface area contributed by atoms with Crippen molar-refractivity contribution < 1.29 is 18.3 Å². The first-order chi connectivity index (χ1) is 7.66. The molecule has 1 aromatic carbocycles. The number of hydrogen-bond acceptors (Lipinski definition) is 2. The van der Waals surface area contributed by atoms with E-state index in [4.69, 9.17) is 4.74 Å². The Morgan fingerprint density at radius 1 is 1.38 bits per heavy atom. The smallest absolute Gasteiger partial charge is 0.159 e. The minimum absolute atomic E-state index is 0.0310. The molecule has 16 heavy (non-hydrogen) atoms. The zero-order valence-corrected chi connectivity index (χ0v) is 8.71. The molecule has 1 saturated heterocycles. The Hall–Kier alpha value is -1.29. The summed E-state index contributed by atoms with van der Waals surface area (Å²) in [7, 11) is 0. The molecule has 1 unspecified atom stereocenters. The van der Waals surface area contributed by atoms with Gasteiger partial charge in [-0.1, -0.05) is 6.07 Å². The van der Waals surface area contributed by atoms with E-state index in [1.807, 2.05) is 0 Å². The lowest BCUT2D eigenvalue weighted by Gasteiger charge is -2.06. The van der Waals surface area contributed by atoms with Crippen LogP contribution in [-0.4, -0.2) is 19.0 Å². The van der Waals surface area contributed by atoms with Gasteiger partial charge in [-0.25, -0.2) is 8.78 Å². The zero-order chi connectivity index (χ0) is 11.5. The second-order valence-electron chi connectivity index (χ2n) is 3.95. The van der Waals surface area contributed by atoms with Gasteiger partial charge >= 0.3 is 0 Å². The second-order valence-corrected chi connectivity index (χ2v) is 3.95. The minimum Gasteiger partial charge on any atom is -0.381 e. The fourth-order valence-electron chi connectivity index (χ4n) is 1.78. The van der Waals surface area contributed by atoms with Crippen molar-refractivity contribution in [3.05, 3.63) is 35.4 Å². The maximum absolute atomic E-state index is 12.9. The lowest BCUT2D eigenvalue weighted by Crippen LogP contribution is -2.16. The molecular weight excluding hydrogens is 214 g/mol. The van der Waals surface area contributed by atoms with Gasteiger partial charge < -0.3 is 4.74 Å². The predicted octanol–water partition coefficient (Wildman–Crippen LogP) is 2.11. The van der Waals surface area contributed by atoms with Gasteiger partial charge in [0, 0.05) is 18.9 Å². The highest BCUT2D eigenvalue weighted by molar-refractivity contribution is 5.83. The molecule has 1 fully saturated rings. The Bertz CT molecular complexity index is 398. The molecule has 4 heteroatoms. The molecule has 0 saturated carbocycles. The SMILES string of the molecule is O=C(Cc1ccc(F)c(F)c1)C1CCOC1. The van der Waals surface area contributed by atoms with Gasteiger partial charge in [-0.2, -0.15) is 0 Å². The molecule has 1 atom stereocenters. The Labute approximate surface area is 92.2 Å². The van der Waals surface area contributed by atoms with Crippen LogP contribution in [0.3, 0.4) is 0 Å². The Balaban J connectivity index is 2.02. The van der Waals surface area contributed by atoms with E-state index in [9.17, 15) is 13.6 Å². The summed E-state index contributed by atoms with van der Waals surface area (Å²) in [5.41, 5.74) is 0.510. The Morgan fingerprint density at radius 2 is 2.19 bits per heavy atom. The summed E-state index contributed by atoms with van der Waals surface area (Å²) in [5.74, 6) is -1.86. The third-order valence-corrected chi connectivity index (χ3v) is 2.75. The number of Topliss-reactive ketones (excluding diaryl/α,β-unsaturated/α-hetero) is 1. The van der Waals surface area contributed by atoms with E-state index in [1.54, 1.807) is 0 Å². The lowest BCUT2D eigenvalue weighted by atomic mass is 9.97. The standard InChI is InChI=1S/C12H12F2O2/c13-10-2-1-8(5-11(10)14)6-12(15)9-3-4-16-7-9/h1-2,5,9H,3-4,6-7H2. The monoisotopic (exact) mass is 226 g/mol. The third-order valence-electron chi connectivity index (χ3n) is 2.75. The van der Waals surface area contributed by atoms with Crippen molar-refractivity contribution in [2.45, 2.75) is 12.8 Å². The topological polar surface area (TPSA) is 26.3 Å². The van der Waals surface area contributed by atoms with Gasteiger partial charge in [0.2, 0.25) is 0 Å². The molecule has 0 spiro atoms. The summed E-state index contributed by atoms with van der Waals surface area (Å²) < 4.78 is 30.7. The average molecular weight is 226 g/mol. The highest BCUT2D eigenvalue weighted by Gasteiger charge is 2.23. The van der Waals surface area contributed by atoms with Gasteiger partial charge in [-0.3, -0.25) is 4.79 Å². The lowest BCUT2D eigenvalue weighted by molar-refractivity contribution is -0.122. The predicted molar refractivity (Wildman–Crippen MR) is 54.0 cm³/mol. The molecule has 0 amide bonds. The van der Waals surface area contributed by atoms with E-state index in [1.165, 1.54) is 6.07 Å². The number of hydrogen-bond donors (Lipinski definition) is 0. The van der Waals surface area contributed by atoms with E-state index in [-0.39, 0.29) is 18.1 Å². The molecule has 1 aromatic rings. The highest BCUT2D eigenvalue weighted by Crippen LogP contribution is 2.17. The fourth-order valence-corrected chi connectivity index (χ4v) is 1.78. The van der Waals surface area contributed by atoms with Crippen molar-refractivity contribution in [1.29, 1.82) is 0 Å². The van der Waals surface area contributed by atoms with Crippen LogP contribution in [0.25, 0.3) is 0 Å². The summed E-state index contributed by atoms with van der Waals surface area (Å²) in [6, 6.07) is 3.55. The number of ether oxygens (including phenoxy) is 1. The molecule has 86 valence electrons. The first kappa shape index (κ1) is 11.2. The van der Waals surface area contributed by atoms with Crippen LogP contribution in [0.1, 0.15) is 12.0 Å². The largest absolute Gasteiger partial charge is 0.381 e. The van der Waals surface area contributed by atoms with Crippen LogP contribution in [-0.2, 0) is 16.0 Å². The van der Waals surface area contributed by atoms with E-state index in [2.05, 4.69) is 0 Å². The van der Waals surface area contributed by atoms with Crippen LogP contribution in [0, 0.1) is 17.6 Å². The second kappa shape index (κ2) is 4.70. The first-order valence-corrected chi connectivity index (χ1v) is 5.21. The van der Waals surface area contributed by atoms with E-state index in [0.29, 0.717) is 18.8 Å². The van der Waals surface area contributed by atoms with Crippen LogP contribution in [0.2, 0.25) is 0 Å². The van der Waals surface area contributed by atoms with Gasteiger partial charge in [-0.15, -0.1) is 0 Å². The van der Waals surface area contributed by atoms with Gasteiger partial charge in [0.05, 0.1) is 6.61 Å². The number of halogens is 2. The van der Waals surface area contributed by atoms with Crippen LogP contribution >= 0.6 is 0 Å². The summed E-state index contributed by atoms with van der Waals surface area (Å²) in [6.45, 7) is 1.05. The quantitative estimate of drug-likeness (QED) is 0.789. The van der Waals surface area contributed by atoms with Crippen LogP contribution in [0.4, 0.5) is 8.78 Å². The number of rotatable bonds is 3. The fraction of sp³-hybridized carbons (Fsp3) is 0.417. The molecule has 2 nitrogen and oxygen atoms in total. The number of carbonyl (C=O) groups excluding carboxylic acids is 1. The molecule has 1 aliphatic rings. The van der Waals surface area contributed by atoms with E-state index < -0.39 is 11.6 Å². The molecular formula is C12H12F2O2. The highest BCUT2D eigenvalue weighted by atomic mass is 19.2. The normalized spacial score (nSPS) is 20.0. The third kappa shape index (κ3) is 2.44. The van der Waals surface area contributed by atoms with Crippen LogP contribution in [0.5, 0.6) is 0 Å². The molecule has 0 bridgehead atoms. The van der Waals surface area contributed by atoms with E-state index in [0.717, 1.165) is 18.6 Å². The van der Waals surface area contributed by atoms with Gasteiger partial charge in [-0.05, 0) is 24.1 Å². The first-order valence-electron chi connectivity index (χ1n) is 5.21.